The second-order valence-corrected chi connectivity index (χ2v) is 5.73. The lowest BCUT2D eigenvalue weighted by atomic mass is 10.2. The summed E-state index contributed by atoms with van der Waals surface area (Å²) in [5.74, 6) is 0.376. The van der Waals surface area contributed by atoms with E-state index in [2.05, 4.69) is 0 Å². The standard InChI is InChI=1S/C16H25N3O2/c1-3-5-15(20)18-7-4-8-19(11-10-18)16(21)12-14-6-9-17(2)13-14/h6,9,13H,3-5,7-8,10-12H2,1-2H3. The summed E-state index contributed by atoms with van der Waals surface area (Å²) in [5, 5.41) is 0. The van der Waals surface area contributed by atoms with Crippen molar-refractivity contribution < 1.29 is 9.59 Å². The molecule has 5 nitrogen and oxygen atoms in total. The largest absolute Gasteiger partial charge is 0.357 e. The van der Waals surface area contributed by atoms with Gasteiger partial charge >= 0.3 is 0 Å². The van der Waals surface area contributed by atoms with Crippen molar-refractivity contribution in [1.82, 2.24) is 14.4 Å². The van der Waals surface area contributed by atoms with Crippen molar-refractivity contribution in [3.8, 4) is 0 Å². The fraction of sp³-hybridized carbons (Fsp3) is 0.625. The predicted octanol–water partition coefficient (Wildman–Crippen LogP) is 1.43. The van der Waals surface area contributed by atoms with Crippen molar-refractivity contribution in [3.63, 3.8) is 0 Å². The van der Waals surface area contributed by atoms with Crippen LogP contribution in [0.4, 0.5) is 0 Å². The number of rotatable bonds is 4. The van der Waals surface area contributed by atoms with E-state index in [1.165, 1.54) is 0 Å². The molecule has 116 valence electrons. The molecular weight excluding hydrogens is 266 g/mol. The van der Waals surface area contributed by atoms with Crippen molar-refractivity contribution in [1.29, 1.82) is 0 Å². The van der Waals surface area contributed by atoms with Gasteiger partial charge in [0, 0.05) is 52.0 Å². The second kappa shape index (κ2) is 7.29. The van der Waals surface area contributed by atoms with Crippen molar-refractivity contribution in [3.05, 3.63) is 24.0 Å². The molecule has 1 aliphatic heterocycles. The SMILES string of the molecule is CCCC(=O)N1CCCN(C(=O)Cc2ccn(C)c2)CC1. The van der Waals surface area contributed by atoms with E-state index >= 15 is 0 Å². The number of carbonyl (C=O) groups excluding carboxylic acids is 2. The Morgan fingerprint density at radius 3 is 2.33 bits per heavy atom. The summed E-state index contributed by atoms with van der Waals surface area (Å²) in [6.07, 6.45) is 6.74. The zero-order valence-corrected chi connectivity index (χ0v) is 13.0. The summed E-state index contributed by atoms with van der Waals surface area (Å²) < 4.78 is 1.95. The van der Waals surface area contributed by atoms with Gasteiger partial charge in [0.1, 0.15) is 0 Å². The molecule has 1 aromatic heterocycles. The number of hydrogen-bond acceptors (Lipinski definition) is 2. The molecule has 2 amide bonds. The third-order valence-corrected chi connectivity index (χ3v) is 3.91. The van der Waals surface area contributed by atoms with E-state index < -0.39 is 0 Å². The smallest absolute Gasteiger partial charge is 0.227 e. The van der Waals surface area contributed by atoms with Crippen LogP contribution < -0.4 is 0 Å². The van der Waals surface area contributed by atoms with Crippen LogP contribution in [0.3, 0.4) is 0 Å². The van der Waals surface area contributed by atoms with E-state index in [1.807, 2.05) is 46.8 Å². The van der Waals surface area contributed by atoms with E-state index in [9.17, 15) is 9.59 Å². The Hall–Kier alpha value is -1.78. The van der Waals surface area contributed by atoms with Crippen molar-refractivity contribution in [2.45, 2.75) is 32.6 Å². The molecular formula is C16H25N3O2. The number of carbonyl (C=O) groups is 2. The molecule has 2 rings (SSSR count). The maximum atomic E-state index is 12.3. The first kappa shape index (κ1) is 15.6. The molecule has 0 saturated carbocycles. The molecule has 21 heavy (non-hydrogen) atoms. The van der Waals surface area contributed by atoms with Gasteiger partial charge in [0.15, 0.2) is 0 Å². The molecule has 0 spiro atoms. The first-order valence-electron chi connectivity index (χ1n) is 7.76. The Morgan fingerprint density at radius 1 is 1.10 bits per heavy atom. The van der Waals surface area contributed by atoms with E-state index in [-0.39, 0.29) is 11.8 Å². The maximum absolute atomic E-state index is 12.3. The lowest BCUT2D eigenvalue weighted by Crippen LogP contribution is -2.37. The zero-order valence-electron chi connectivity index (χ0n) is 13.0. The molecule has 0 N–H and O–H groups in total. The summed E-state index contributed by atoms with van der Waals surface area (Å²) in [5.41, 5.74) is 1.05. The lowest BCUT2D eigenvalue weighted by molar-refractivity contribution is -0.133. The molecule has 5 heteroatoms. The molecule has 0 bridgehead atoms. The molecule has 0 aliphatic carbocycles. The van der Waals surface area contributed by atoms with Gasteiger partial charge in [-0.1, -0.05) is 6.92 Å². The highest BCUT2D eigenvalue weighted by atomic mass is 16.2. The summed E-state index contributed by atoms with van der Waals surface area (Å²) in [6, 6.07) is 1.98. The van der Waals surface area contributed by atoms with Gasteiger partial charge in [-0.15, -0.1) is 0 Å². The van der Waals surface area contributed by atoms with Gasteiger partial charge in [0.2, 0.25) is 11.8 Å². The van der Waals surface area contributed by atoms with Gasteiger partial charge in [-0.2, -0.15) is 0 Å². The average molecular weight is 291 g/mol. The highest BCUT2D eigenvalue weighted by molar-refractivity contribution is 5.79. The number of hydrogen-bond donors (Lipinski definition) is 0. The Balaban J connectivity index is 1.87. The van der Waals surface area contributed by atoms with Crippen molar-refractivity contribution in [2.24, 2.45) is 7.05 Å². The third kappa shape index (κ3) is 4.34. The highest BCUT2D eigenvalue weighted by Crippen LogP contribution is 2.09. The molecule has 0 aromatic carbocycles. The van der Waals surface area contributed by atoms with Crippen LogP contribution >= 0.6 is 0 Å². The minimum absolute atomic E-state index is 0.158. The van der Waals surface area contributed by atoms with E-state index in [1.54, 1.807) is 0 Å². The molecule has 1 aliphatic rings. The Labute approximate surface area is 126 Å². The van der Waals surface area contributed by atoms with Gasteiger partial charge in [-0.05, 0) is 24.5 Å². The van der Waals surface area contributed by atoms with Gasteiger partial charge in [-0.3, -0.25) is 9.59 Å². The summed E-state index contributed by atoms with van der Waals surface area (Å²) >= 11 is 0. The van der Waals surface area contributed by atoms with Crippen LogP contribution in [0.1, 0.15) is 31.7 Å². The minimum Gasteiger partial charge on any atom is -0.357 e. The van der Waals surface area contributed by atoms with Crippen LogP contribution in [0.15, 0.2) is 18.5 Å². The summed E-state index contributed by atoms with van der Waals surface area (Å²) in [4.78, 5) is 28.1. The highest BCUT2D eigenvalue weighted by Gasteiger charge is 2.21. The van der Waals surface area contributed by atoms with Crippen LogP contribution in [-0.2, 0) is 23.1 Å². The Morgan fingerprint density at radius 2 is 1.76 bits per heavy atom. The number of aryl methyl sites for hydroxylation is 1. The molecule has 1 aromatic rings. The number of aromatic nitrogens is 1. The summed E-state index contributed by atoms with van der Waals surface area (Å²) in [6.45, 7) is 4.86. The Bertz CT molecular complexity index is 495. The number of amides is 2. The maximum Gasteiger partial charge on any atom is 0.227 e. The van der Waals surface area contributed by atoms with Crippen LogP contribution in [-0.4, -0.2) is 52.4 Å². The van der Waals surface area contributed by atoms with Gasteiger partial charge in [0.25, 0.3) is 0 Å². The number of nitrogens with zero attached hydrogens (tertiary/aromatic N) is 3. The first-order valence-corrected chi connectivity index (χ1v) is 7.76. The van der Waals surface area contributed by atoms with Crippen LogP contribution in [0.5, 0.6) is 0 Å². The summed E-state index contributed by atoms with van der Waals surface area (Å²) in [7, 11) is 1.96. The van der Waals surface area contributed by atoms with E-state index in [4.69, 9.17) is 0 Å². The van der Waals surface area contributed by atoms with Crippen molar-refractivity contribution in [2.75, 3.05) is 26.2 Å². The van der Waals surface area contributed by atoms with Crippen LogP contribution in [0.25, 0.3) is 0 Å². The first-order chi connectivity index (χ1) is 10.1. The Kier molecular flexibility index (Phi) is 5.42. The average Bonchev–Trinajstić information content (AvgIpc) is 2.73. The van der Waals surface area contributed by atoms with Crippen LogP contribution in [0.2, 0.25) is 0 Å². The predicted molar refractivity (Wildman–Crippen MR) is 81.8 cm³/mol. The van der Waals surface area contributed by atoms with E-state index in [0.29, 0.717) is 25.9 Å². The fourth-order valence-corrected chi connectivity index (χ4v) is 2.74. The molecule has 0 unspecified atom stereocenters. The normalized spacial score (nSPS) is 15.9. The van der Waals surface area contributed by atoms with Gasteiger partial charge in [0.05, 0.1) is 6.42 Å². The second-order valence-electron chi connectivity index (χ2n) is 5.73. The quantitative estimate of drug-likeness (QED) is 0.842. The minimum atomic E-state index is 0.158. The zero-order chi connectivity index (χ0) is 15.2. The molecule has 0 atom stereocenters. The molecule has 1 saturated heterocycles. The van der Waals surface area contributed by atoms with E-state index in [0.717, 1.165) is 31.5 Å². The molecule has 2 heterocycles. The lowest BCUT2D eigenvalue weighted by Gasteiger charge is -2.22. The van der Waals surface area contributed by atoms with Crippen molar-refractivity contribution >= 4 is 11.8 Å². The monoisotopic (exact) mass is 291 g/mol. The molecule has 1 fully saturated rings. The van der Waals surface area contributed by atoms with Gasteiger partial charge < -0.3 is 14.4 Å². The van der Waals surface area contributed by atoms with Gasteiger partial charge in [-0.25, -0.2) is 0 Å². The van der Waals surface area contributed by atoms with Crippen LogP contribution in [0, 0.1) is 0 Å². The topological polar surface area (TPSA) is 45.6 Å². The fourth-order valence-electron chi connectivity index (χ4n) is 2.74. The third-order valence-electron chi connectivity index (χ3n) is 3.91. The molecule has 0 radical (unpaired) electrons.